The van der Waals surface area contributed by atoms with Crippen LogP contribution in [0.2, 0.25) is 0 Å². The van der Waals surface area contributed by atoms with Crippen molar-refractivity contribution >= 4 is 5.91 Å². The molecule has 0 fully saturated rings. The Morgan fingerprint density at radius 2 is 1.96 bits per heavy atom. The first-order valence-electron chi connectivity index (χ1n) is 9.01. The summed E-state index contributed by atoms with van der Waals surface area (Å²) in [6.45, 7) is 4.42. The predicted molar refractivity (Wildman–Crippen MR) is 103 cm³/mol. The van der Waals surface area contributed by atoms with E-state index in [0.717, 1.165) is 5.56 Å². The molecule has 0 radical (unpaired) electrons. The van der Waals surface area contributed by atoms with Gasteiger partial charge >= 0.3 is 0 Å². The molecule has 7 heteroatoms. The Morgan fingerprint density at radius 1 is 1.14 bits per heavy atom. The van der Waals surface area contributed by atoms with Crippen molar-refractivity contribution in [3.05, 3.63) is 54.1 Å². The van der Waals surface area contributed by atoms with Crippen LogP contribution >= 0.6 is 0 Å². The minimum atomic E-state index is -0.139. The third-order valence-electron chi connectivity index (χ3n) is 4.32. The van der Waals surface area contributed by atoms with Gasteiger partial charge in [-0.3, -0.25) is 4.79 Å². The second-order valence-corrected chi connectivity index (χ2v) is 6.68. The van der Waals surface area contributed by atoms with Gasteiger partial charge in [-0.05, 0) is 30.3 Å². The van der Waals surface area contributed by atoms with Crippen molar-refractivity contribution in [1.29, 1.82) is 0 Å². The normalized spacial score (nSPS) is 10.9. The van der Waals surface area contributed by atoms with Crippen LogP contribution in [0.5, 0.6) is 11.5 Å². The number of furan rings is 1. The first kappa shape index (κ1) is 19.5. The largest absolute Gasteiger partial charge is 0.497 e. The Labute approximate surface area is 163 Å². The van der Waals surface area contributed by atoms with E-state index in [1.807, 2.05) is 38.1 Å². The van der Waals surface area contributed by atoms with Crippen LogP contribution < -0.4 is 9.47 Å². The fourth-order valence-corrected chi connectivity index (χ4v) is 2.88. The van der Waals surface area contributed by atoms with Gasteiger partial charge < -0.3 is 23.3 Å². The summed E-state index contributed by atoms with van der Waals surface area (Å²) in [5.74, 6) is 2.46. The van der Waals surface area contributed by atoms with Crippen molar-refractivity contribution in [3.8, 4) is 22.8 Å². The molecule has 2 heterocycles. The van der Waals surface area contributed by atoms with Gasteiger partial charge in [-0.15, -0.1) is 0 Å². The lowest BCUT2D eigenvalue weighted by Crippen LogP contribution is -2.33. The number of carbonyl (C=O) groups excluding carboxylic acids is 1. The molecule has 0 aliphatic rings. The van der Waals surface area contributed by atoms with Crippen LogP contribution in [-0.4, -0.2) is 30.2 Å². The molecule has 1 aromatic carbocycles. The number of nitrogens with zero attached hydrogens (tertiary/aromatic N) is 2. The zero-order valence-electron chi connectivity index (χ0n) is 16.5. The van der Waals surface area contributed by atoms with E-state index in [-0.39, 0.29) is 11.8 Å². The van der Waals surface area contributed by atoms with Crippen LogP contribution in [0.4, 0.5) is 0 Å². The van der Waals surface area contributed by atoms with Gasteiger partial charge in [-0.2, -0.15) is 0 Å². The Balaban J connectivity index is 1.84. The van der Waals surface area contributed by atoms with E-state index in [1.165, 1.54) is 0 Å². The SMILES string of the molecule is COc1ccc(OC)c(-c2cc(CN(Cc3ccco3)C(=O)C(C)C)no2)c1. The molecular weight excluding hydrogens is 360 g/mol. The Hall–Kier alpha value is -3.22. The summed E-state index contributed by atoms with van der Waals surface area (Å²) < 4.78 is 21.6. The topological polar surface area (TPSA) is 77.9 Å². The van der Waals surface area contributed by atoms with Crippen molar-refractivity contribution in [3.63, 3.8) is 0 Å². The molecule has 148 valence electrons. The second-order valence-electron chi connectivity index (χ2n) is 6.68. The molecule has 0 spiro atoms. The molecule has 0 aliphatic heterocycles. The molecule has 3 rings (SSSR count). The molecule has 0 saturated carbocycles. The van der Waals surface area contributed by atoms with Crippen LogP contribution in [0.25, 0.3) is 11.3 Å². The molecule has 7 nitrogen and oxygen atoms in total. The molecule has 0 N–H and O–H groups in total. The van der Waals surface area contributed by atoms with Gasteiger partial charge in [0, 0.05) is 12.0 Å². The van der Waals surface area contributed by atoms with Crippen molar-refractivity contribution in [2.45, 2.75) is 26.9 Å². The minimum absolute atomic E-state index is 0.0138. The molecule has 3 aromatic rings. The highest BCUT2D eigenvalue weighted by Crippen LogP contribution is 2.34. The molecule has 1 amide bonds. The van der Waals surface area contributed by atoms with Gasteiger partial charge in [-0.1, -0.05) is 19.0 Å². The number of benzene rings is 1. The van der Waals surface area contributed by atoms with Gasteiger partial charge in [0.1, 0.15) is 23.0 Å². The average Bonchev–Trinajstić information content (AvgIpc) is 3.38. The highest BCUT2D eigenvalue weighted by Gasteiger charge is 2.21. The number of aromatic nitrogens is 1. The van der Waals surface area contributed by atoms with E-state index in [4.69, 9.17) is 18.4 Å². The fourth-order valence-electron chi connectivity index (χ4n) is 2.88. The van der Waals surface area contributed by atoms with Gasteiger partial charge in [0.15, 0.2) is 5.76 Å². The van der Waals surface area contributed by atoms with Crippen molar-refractivity contribution in [2.24, 2.45) is 5.92 Å². The summed E-state index contributed by atoms with van der Waals surface area (Å²) in [4.78, 5) is 14.3. The Kier molecular flexibility index (Phi) is 6.03. The fraction of sp³-hybridized carbons (Fsp3) is 0.333. The average molecular weight is 384 g/mol. The number of amides is 1. The summed E-state index contributed by atoms with van der Waals surface area (Å²) in [6.07, 6.45) is 1.59. The van der Waals surface area contributed by atoms with Gasteiger partial charge in [0.2, 0.25) is 5.91 Å². The number of hydrogen-bond donors (Lipinski definition) is 0. The molecule has 0 bridgehead atoms. The monoisotopic (exact) mass is 384 g/mol. The van der Waals surface area contributed by atoms with E-state index in [2.05, 4.69) is 5.16 Å². The number of methoxy groups -OCH3 is 2. The number of hydrogen-bond acceptors (Lipinski definition) is 6. The van der Waals surface area contributed by atoms with E-state index in [1.54, 1.807) is 37.5 Å². The molecule has 28 heavy (non-hydrogen) atoms. The van der Waals surface area contributed by atoms with E-state index >= 15 is 0 Å². The maximum atomic E-state index is 12.6. The quantitative estimate of drug-likeness (QED) is 0.581. The highest BCUT2D eigenvalue weighted by molar-refractivity contribution is 5.78. The van der Waals surface area contributed by atoms with E-state index in [0.29, 0.717) is 41.8 Å². The molecule has 0 unspecified atom stereocenters. The Morgan fingerprint density at radius 3 is 2.61 bits per heavy atom. The van der Waals surface area contributed by atoms with Gasteiger partial charge in [-0.25, -0.2) is 0 Å². The highest BCUT2D eigenvalue weighted by atomic mass is 16.5. The minimum Gasteiger partial charge on any atom is -0.497 e. The van der Waals surface area contributed by atoms with Crippen LogP contribution in [-0.2, 0) is 17.9 Å². The molecule has 0 saturated heterocycles. The van der Waals surface area contributed by atoms with Crippen molar-refractivity contribution in [1.82, 2.24) is 10.1 Å². The molecular formula is C21H24N2O5. The molecule has 0 atom stereocenters. The number of rotatable bonds is 8. The van der Waals surface area contributed by atoms with Crippen molar-refractivity contribution in [2.75, 3.05) is 14.2 Å². The second kappa shape index (κ2) is 8.65. The number of carbonyl (C=O) groups is 1. The van der Waals surface area contributed by atoms with Gasteiger partial charge in [0.25, 0.3) is 0 Å². The lowest BCUT2D eigenvalue weighted by atomic mass is 10.1. The predicted octanol–water partition coefficient (Wildman–Crippen LogP) is 4.14. The molecule has 2 aromatic heterocycles. The lowest BCUT2D eigenvalue weighted by molar-refractivity contribution is -0.136. The Bertz CT molecular complexity index is 915. The zero-order chi connectivity index (χ0) is 20.1. The maximum absolute atomic E-state index is 12.6. The van der Waals surface area contributed by atoms with Crippen LogP contribution in [0, 0.1) is 5.92 Å². The smallest absolute Gasteiger partial charge is 0.225 e. The summed E-state index contributed by atoms with van der Waals surface area (Å²) in [6, 6.07) is 10.9. The van der Waals surface area contributed by atoms with Gasteiger partial charge in [0.05, 0.1) is 39.1 Å². The first-order chi connectivity index (χ1) is 13.5. The number of ether oxygens (including phenoxy) is 2. The van der Waals surface area contributed by atoms with Crippen LogP contribution in [0.3, 0.4) is 0 Å². The van der Waals surface area contributed by atoms with Crippen molar-refractivity contribution < 1.29 is 23.2 Å². The summed E-state index contributed by atoms with van der Waals surface area (Å²) >= 11 is 0. The summed E-state index contributed by atoms with van der Waals surface area (Å²) in [5.41, 5.74) is 1.37. The maximum Gasteiger partial charge on any atom is 0.225 e. The van der Waals surface area contributed by atoms with E-state index < -0.39 is 0 Å². The zero-order valence-corrected chi connectivity index (χ0v) is 16.5. The third kappa shape index (κ3) is 4.36. The standard InChI is InChI=1S/C21H24N2O5/c1-14(2)21(24)23(13-17-6-5-9-27-17)12-15-10-20(28-22-15)18-11-16(25-3)7-8-19(18)26-4/h5-11,14H,12-13H2,1-4H3. The third-order valence-corrected chi connectivity index (χ3v) is 4.32. The van der Waals surface area contributed by atoms with Crippen LogP contribution in [0.1, 0.15) is 25.3 Å². The first-order valence-corrected chi connectivity index (χ1v) is 9.01. The summed E-state index contributed by atoms with van der Waals surface area (Å²) in [7, 11) is 3.19. The van der Waals surface area contributed by atoms with Crippen LogP contribution in [0.15, 0.2) is 51.6 Å². The molecule has 0 aliphatic carbocycles. The lowest BCUT2D eigenvalue weighted by Gasteiger charge is -2.22. The van der Waals surface area contributed by atoms with E-state index in [9.17, 15) is 4.79 Å². The summed E-state index contributed by atoms with van der Waals surface area (Å²) in [5, 5.41) is 4.14.